The standard InChI is InChI=1S/C30H21NO/c1-4-10-22(11-5-1)24-16-18-27-29(20-24)32-30-21-25(23-12-6-2-7-13-23)17-19-28(30)31(27)26-14-8-3-9-15-26/h1-21H. The summed E-state index contributed by atoms with van der Waals surface area (Å²) in [6.45, 7) is 0. The second-order valence-corrected chi connectivity index (χ2v) is 7.87. The van der Waals surface area contributed by atoms with Gasteiger partial charge in [-0.25, -0.2) is 0 Å². The van der Waals surface area contributed by atoms with Crippen LogP contribution in [0.25, 0.3) is 22.3 Å². The Labute approximate surface area is 188 Å². The number of hydrogen-bond donors (Lipinski definition) is 0. The van der Waals surface area contributed by atoms with Crippen LogP contribution in [-0.2, 0) is 0 Å². The number of nitrogens with zero attached hydrogens (tertiary/aromatic N) is 1. The van der Waals surface area contributed by atoms with Crippen molar-refractivity contribution in [2.45, 2.75) is 0 Å². The molecular formula is C30H21NO. The van der Waals surface area contributed by atoms with E-state index in [0.717, 1.165) is 39.7 Å². The van der Waals surface area contributed by atoms with Gasteiger partial charge in [0, 0.05) is 5.69 Å². The summed E-state index contributed by atoms with van der Waals surface area (Å²) in [6, 6.07) is 44.2. The Hall–Kier alpha value is -4.30. The molecule has 0 radical (unpaired) electrons. The normalized spacial score (nSPS) is 11.9. The van der Waals surface area contributed by atoms with Gasteiger partial charge >= 0.3 is 0 Å². The van der Waals surface area contributed by atoms with Gasteiger partial charge in [0.05, 0.1) is 11.4 Å². The lowest BCUT2D eigenvalue weighted by Gasteiger charge is -2.33. The molecule has 0 spiro atoms. The summed E-state index contributed by atoms with van der Waals surface area (Å²) in [7, 11) is 0. The van der Waals surface area contributed by atoms with E-state index in [9.17, 15) is 0 Å². The predicted octanol–water partition coefficient (Wildman–Crippen LogP) is 8.60. The van der Waals surface area contributed by atoms with Gasteiger partial charge in [0.1, 0.15) is 0 Å². The Bertz CT molecular complexity index is 1290. The molecule has 2 nitrogen and oxygen atoms in total. The summed E-state index contributed by atoms with van der Waals surface area (Å²) in [5.74, 6) is 1.71. The maximum Gasteiger partial charge on any atom is 0.152 e. The summed E-state index contributed by atoms with van der Waals surface area (Å²) in [4.78, 5) is 2.28. The molecule has 5 aromatic rings. The van der Waals surface area contributed by atoms with Crippen LogP contribution in [0.3, 0.4) is 0 Å². The van der Waals surface area contributed by atoms with Crippen LogP contribution in [0.2, 0.25) is 0 Å². The van der Waals surface area contributed by atoms with Gasteiger partial charge in [-0.2, -0.15) is 0 Å². The van der Waals surface area contributed by atoms with Crippen LogP contribution in [0, 0.1) is 0 Å². The van der Waals surface area contributed by atoms with E-state index >= 15 is 0 Å². The summed E-state index contributed by atoms with van der Waals surface area (Å²) in [6.07, 6.45) is 0. The van der Waals surface area contributed by atoms with E-state index < -0.39 is 0 Å². The topological polar surface area (TPSA) is 12.5 Å². The third-order valence-electron chi connectivity index (χ3n) is 5.85. The molecule has 0 aliphatic carbocycles. The molecule has 0 bridgehead atoms. The Balaban J connectivity index is 1.51. The zero-order chi connectivity index (χ0) is 21.3. The molecule has 0 unspecified atom stereocenters. The van der Waals surface area contributed by atoms with Crippen molar-refractivity contribution >= 4 is 17.1 Å². The van der Waals surface area contributed by atoms with Gasteiger partial charge < -0.3 is 9.64 Å². The first-order valence-corrected chi connectivity index (χ1v) is 10.8. The highest BCUT2D eigenvalue weighted by Crippen LogP contribution is 2.52. The number of ether oxygens (including phenoxy) is 1. The van der Waals surface area contributed by atoms with Gasteiger partial charge in [0.15, 0.2) is 11.5 Å². The van der Waals surface area contributed by atoms with Crippen LogP contribution in [0.1, 0.15) is 0 Å². The predicted molar refractivity (Wildman–Crippen MR) is 132 cm³/mol. The van der Waals surface area contributed by atoms with Crippen LogP contribution < -0.4 is 9.64 Å². The lowest BCUT2D eigenvalue weighted by Crippen LogP contribution is -2.15. The molecule has 0 saturated carbocycles. The molecule has 0 aromatic heterocycles. The third-order valence-corrected chi connectivity index (χ3v) is 5.85. The quantitative estimate of drug-likeness (QED) is 0.289. The molecule has 0 N–H and O–H groups in total. The fourth-order valence-electron chi connectivity index (χ4n) is 4.29. The molecule has 1 heterocycles. The maximum atomic E-state index is 6.51. The monoisotopic (exact) mass is 411 g/mol. The zero-order valence-electron chi connectivity index (χ0n) is 17.5. The highest BCUT2D eigenvalue weighted by molar-refractivity contribution is 5.89. The van der Waals surface area contributed by atoms with Crippen molar-refractivity contribution in [1.29, 1.82) is 0 Å². The fourth-order valence-corrected chi connectivity index (χ4v) is 4.29. The number of fused-ring (bicyclic) bond motifs is 2. The molecular weight excluding hydrogens is 390 g/mol. The van der Waals surface area contributed by atoms with Gasteiger partial charge in [-0.05, 0) is 58.7 Å². The molecule has 0 amide bonds. The maximum absolute atomic E-state index is 6.51. The molecule has 6 rings (SSSR count). The Morgan fingerprint density at radius 3 is 1.31 bits per heavy atom. The van der Waals surface area contributed by atoms with E-state index in [1.807, 2.05) is 18.2 Å². The van der Waals surface area contributed by atoms with E-state index in [2.05, 4.69) is 114 Å². The first-order valence-electron chi connectivity index (χ1n) is 10.8. The molecule has 0 atom stereocenters. The largest absolute Gasteiger partial charge is 0.453 e. The van der Waals surface area contributed by atoms with Crippen LogP contribution in [-0.4, -0.2) is 0 Å². The molecule has 32 heavy (non-hydrogen) atoms. The van der Waals surface area contributed by atoms with E-state index in [0.29, 0.717) is 0 Å². The summed E-state index contributed by atoms with van der Waals surface area (Å²) >= 11 is 0. The van der Waals surface area contributed by atoms with Crippen molar-refractivity contribution in [3.63, 3.8) is 0 Å². The minimum absolute atomic E-state index is 0.855. The number of rotatable bonds is 3. The van der Waals surface area contributed by atoms with E-state index in [1.165, 1.54) is 11.1 Å². The van der Waals surface area contributed by atoms with Crippen molar-refractivity contribution < 1.29 is 4.74 Å². The Morgan fingerprint density at radius 1 is 0.406 bits per heavy atom. The van der Waals surface area contributed by atoms with Crippen molar-refractivity contribution in [3.8, 4) is 33.8 Å². The van der Waals surface area contributed by atoms with E-state index in [4.69, 9.17) is 4.74 Å². The number of hydrogen-bond acceptors (Lipinski definition) is 2. The molecule has 2 heteroatoms. The van der Waals surface area contributed by atoms with Crippen LogP contribution in [0.5, 0.6) is 11.5 Å². The second kappa shape index (κ2) is 7.75. The van der Waals surface area contributed by atoms with Gasteiger partial charge in [-0.3, -0.25) is 0 Å². The summed E-state index contributed by atoms with van der Waals surface area (Å²) < 4.78 is 6.51. The van der Waals surface area contributed by atoms with Gasteiger partial charge in [-0.1, -0.05) is 91.0 Å². The highest BCUT2D eigenvalue weighted by Gasteiger charge is 2.26. The Kier molecular flexibility index (Phi) is 4.47. The van der Waals surface area contributed by atoms with E-state index in [1.54, 1.807) is 0 Å². The molecule has 5 aromatic carbocycles. The molecule has 0 saturated heterocycles. The molecule has 1 aliphatic heterocycles. The lowest BCUT2D eigenvalue weighted by atomic mass is 10.0. The smallest absolute Gasteiger partial charge is 0.152 e. The fraction of sp³-hybridized carbons (Fsp3) is 0. The average Bonchev–Trinajstić information content (AvgIpc) is 2.88. The highest BCUT2D eigenvalue weighted by atomic mass is 16.5. The van der Waals surface area contributed by atoms with Crippen molar-refractivity contribution in [2.75, 3.05) is 4.90 Å². The summed E-state index contributed by atoms with van der Waals surface area (Å²) in [5, 5.41) is 0. The van der Waals surface area contributed by atoms with Crippen LogP contribution in [0.15, 0.2) is 127 Å². The first kappa shape index (κ1) is 18.5. The molecule has 0 fully saturated rings. The van der Waals surface area contributed by atoms with E-state index in [-0.39, 0.29) is 0 Å². The number of para-hydroxylation sites is 1. The van der Waals surface area contributed by atoms with Crippen LogP contribution in [0.4, 0.5) is 17.1 Å². The molecule has 1 aliphatic rings. The Morgan fingerprint density at radius 2 is 0.844 bits per heavy atom. The first-order chi connectivity index (χ1) is 15.9. The van der Waals surface area contributed by atoms with Gasteiger partial charge in [0.2, 0.25) is 0 Å². The molecule has 152 valence electrons. The van der Waals surface area contributed by atoms with Crippen molar-refractivity contribution in [3.05, 3.63) is 127 Å². The lowest BCUT2D eigenvalue weighted by molar-refractivity contribution is 0.477. The number of benzene rings is 5. The van der Waals surface area contributed by atoms with Gasteiger partial charge in [0.25, 0.3) is 0 Å². The zero-order valence-corrected chi connectivity index (χ0v) is 17.5. The average molecular weight is 412 g/mol. The summed E-state index contributed by atoms with van der Waals surface area (Å²) in [5.41, 5.74) is 7.81. The minimum atomic E-state index is 0.855. The SMILES string of the molecule is c1ccc(-c2ccc3c(c2)Oc2cc(-c4ccccc4)ccc2N3c2ccccc2)cc1. The minimum Gasteiger partial charge on any atom is -0.453 e. The number of anilines is 3. The van der Waals surface area contributed by atoms with Crippen molar-refractivity contribution in [1.82, 2.24) is 0 Å². The van der Waals surface area contributed by atoms with Crippen molar-refractivity contribution in [2.24, 2.45) is 0 Å². The van der Waals surface area contributed by atoms with Crippen LogP contribution >= 0.6 is 0 Å². The second-order valence-electron chi connectivity index (χ2n) is 7.87. The van der Waals surface area contributed by atoms with Gasteiger partial charge in [-0.15, -0.1) is 0 Å². The third kappa shape index (κ3) is 3.23.